The first-order valence-corrected chi connectivity index (χ1v) is 9.25. The van der Waals surface area contributed by atoms with Gasteiger partial charge in [0.2, 0.25) is 5.91 Å². The van der Waals surface area contributed by atoms with Gasteiger partial charge in [0.25, 0.3) is 5.56 Å². The maximum absolute atomic E-state index is 13.4. The second-order valence-electron chi connectivity index (χ2n) is 6.37. The molecule has 0 unspecified atom stereocenters. The van der Waals surface area contributed by atoms with E-state index in [0.29, 0.717) is 55.6 Å². The topological polar surface area (TPSA) is 84.1 Å². The summed E-state index contributed by atoms with van der Waals surface area (Å²) in [5.74, 6) is 0.321. The third-order valence-electron chi connectivity index (χ3n) is 4.22. The van der Waals surface area contributed by atoms with Crippen molar-refractivity contribution in [2.45, 2.75) is 25.7 Å². The number of nitrogens with zero attached hydrogens (tertiary/aromatic N) is 1. The fourth-order valence-electron chi connectivity index (χ4n) is 2.80. The van der Waals surface area contributed by atoms with Crippen LogP contribution < -0.4 is 15.6 Å². The van der Waals surface area contributed by atoms with Crippen molar-refractivity contribution < 1.29 is 13.9 Å². The summed E-state index contributed by atoms with van der Waals surface area (Å²) in [7, 11) is 0. The average molecular weight is 383 g/mol. The Kier molecular flexibility index (Phi) is 6.73. The Bertz CT molecular complexity index is 1000. The van der Waals surface area contributed by atoms with E-state index in [0.717, 1.165) is 0 Å². The SMILES string of the molecule is O=C(CCCc1nc2ccccc2c(=O)[nH]1)NCCCOc1ccccc1F. The summed E-state index contributed by atoms with van der Waals surface area (Å²) in [5.41, 5.74) is 0.487. The summed E-state index contributed by atoms with van der Waals surface area (Å²) in [6.45, 7) is 0.780. The summed E-state index contributed by atoms with van der Waals surface area (Å²) in [6.07, 6.45) is 2.02. The van der Waals surface area contributed by atoms with Crippen LogP contribution in [0, 0.1) is 5.82 Å². The molecule has 0 saturated heterocycles. The highest BCUT2D eigenvalue weighted by Crippen LogP contribution is 2.15. The lowest BCUT2D eigenvalue weighted by Gasteiger charge is -2.08. The molecule has 1 heterocycles. The number of benzene rings is 2. The molecule has 3 aromatic rings. The number of nitrogens with one attached hydrogen (secondary N) is 2. The molecule has 2 aromatic carbocycles. The van der Waals surface area contributed by atoms with E-state index >= 15 is 0 Å². The van der Waals surface area contributed by atoms with Crippen LogP contribution in [0.15, 0.2) is 53.3 Å². The van der Waals surface area contributed by atoms with Gasteiger partial charge >= 0.3 is 0 Å². The van der Waals surface area contributed by atoms with E-state index in [9.17, 15) is 14.0 Å². The molecule has 0 aliphatic rings. The van der Waals surface area contributed by atoms with E-state index in [1.807, 2.05) is 6.07 Å². The molecule has 0 spiro atoms. The van der Waals surface area contributed by atoms with Crippen LogP contribution in [0.5, 0.6) is 5.75 Å². The van der Waals surface area contributed by atoms with E-state index < -0.39 is 5.82 Å². The second-order valence-corrected chi connectivity index (χ2v) is 6.37. The lowest BCUT2D eigenvalue weighted by molar-refractivity contribution is -0.121. The van der Waals surface area contributed by atoms with Crippen LogP contribution in [-0.4, -0.2) is 29.0 Å². The molecular formula is C21H22FN3O3. The lowest BCUT2D eigenvalue weighted by atomic mass is 10.2. The van der Waals surface area contributed by atoms with Gasteiger partial charge in [-0.2, -0.15) is 0 Å². The Hall–Kier alpha value is -3.22. The number of H-pyrrole nitrogens is 1. The first-order chi connectivity index (χ1) is 13.6. The fraction of sp³-hybridized carbons (Fsp3) is 0.286. The van der Waals surface area contributed by atoms with Crippen LogP contribution in [0.2, 0.25) is 0 Å². The number of amides is 1. The molecule has 146 valence electrons. The van der Waals surface area contributed by atoms with E-state index in [-0.39, 0.29) is 17.2 Å². The van der Waals surface area contributed by atoms with Gasteiger partial charge in [0.1, 0.15) is 5.82 Å². The van der Waals surface area contributed by atoms with E-state index in [1.165, 1.54) is 6.07 Å². The zero-order valence-electron chi connectivity index (χ0n) is 15.4. The first kappa shape index (κ1) is 19.5. The van der Waals surface area contributed by atoms with Crippen LogP contribution in [-0.2, 0) is 11.2 Å². The summed E-state index contributed by atoms with van der Waals surface area (Å²) >= 11 is 0. The Labute approximate surface area is 161 Å². The molecule has 28 heavy (non-hydrogen) atoms. The number of fused-ring (bicyclic) bond motifs is 1. The van der Waals surface area contributed by atoms with Gasteiger partial charge in [0.15, 0.2) is 11.6 Å². The molecule has 0 fully saturated rings. The number of para-hydroxylation sites is 2. The standard InChI is InChI=1S/C21H22FN3O3/c22-16-8-2-4-10-18(16)28-14-6-13-23-20(26)12-5-11-19-24-17-9-3-1-7-15(17)21(27)25-19/h1-4,7-10H,5-6,11-14H2,(H,23,26)(H,24,25,27). The molecule has 1 aromatic heterocycles. The van der Waals surface area contributed by atoms with Gasteiger partial charge in [-0.15, -0.1) is 0 Å². The number of aryl methyl sites for hydroxylation is 1. The quantitative estimate of drug-likeness (QED) is 0.557. The van der Waals surface area contributed by atoms with Gasteiger partial charge in [-0.25, -0.2) is 9.37 Å². The predicted molar refractivity (Wildman–Crippen MR) is 105 cm³/mol. The fourth-order valence-corrected chi connectivity index (χ4v) is 2.80. The number of rotatable bonds is 9. The number of ether oxygens (including phenoxy) is 1. The average Bonchev–Trinajstić information content (AvgIpc) is 2.69. The number of hydrogen-bond donors (Lipinski definition) is 2. The largest absolute Gasteiger partial charge is 0.490 e. The van der Waals surface area contributed by atoms with Crippen LogP contribution in [0.1, 0.15) is 25.1 Å². The van der Waals surface area contributed by atoms with Crippen molar-refractivity contribution in [2.75, 3.05) is 13.2 Å². The van der Waals surface area contributed by atoms with Gasteiger partial charge in [0.05, 0.1) is 17.5 Å². The van der Waals surface area contributed by atoms with Crippen molar-refractivity contribution in [1.82, 2.24) is 15.3 Å². The van der Waals surface area contributed by atoms with Crippen molar-refractivity contribution in [3.8, 4) is 5.75 Å². The van der Waals surface area contributed by atoms with Crippen LogP contribution >= 0.6 is 0 Å². The van der Waals surface area contributed by atoms with Gasteiger partial charge < -0.3 is 15.0 Å². The molecule has 7 heteroatoms. The van der Waals surface area contributed by atoms with Gasteiger partial charge in [-0.1, -0.05) is 24.3 Å². The highest BCUT2D eigenvalue weighted by Gasteiger charge is 2.06. The molecule has 0 aliphatic heterocycles. The summed E-state index contributed by atoms with van der Waals surface area (Å²) in [4.78, 5) is 31.1. The van der Waals surface area contributed by atoms with Crippen molar-refractivity contribution in [2.24, 2.45) is 0 Å². The summed E-state index contributed by atoms with van der Waals surface area (Å²) in [5, 5.41) is 3.36. The Morgan fingerprint density at radius 1 is 1.11 bits per heavy atom. The molecule has 0 saturated carbocycles. The van der Waals surface area contributed by atoms with Crippen LogP contribution in [0.4, 0.5) is 4.39 Å². The highest BCUT2D eigenvalue weighted by atomic mass is 19.1. The molecule has 1 amide bonds. The molecule has 0 aliphatic carbocycles. The molecule has 0 bridgehead atoms. The molecular weight excluding hydrogens is 361 g/mol. The van der Waals surface area contributed by atoms with Gasteiger partial charge in [0, 0.05) is 19.4 Å². The number of carbonyl (C=O) groups excluding carboxylic acids is 1. The summed E-state index contributed by atoms with van der Waals surface area (Å²) in [6, 6.07) is 13.4. The maximum atomic E-state index is 13.4. The van der Waals surface area contributed by atoms with E-state index in [2.05, 4.69) is 15.3 Å². The highest BCUT2D eigenvalue weighted by molar-refractivity contribution is 5.77. The summed E-state index contributed by atoms with van der Waals surface area (Å²) < 4.78 is 18.7. The third kappa shape index (κ3) is 5.39. The molecule has 6 nitrogen and oxygen atoms in total. The van der Waals surface area contributed by atoms with Crippen LogP contribution in [0.3, 0.4) is 0 Å². The predicted octanol–water partition coefficient (Wildman–Crippen LogP) is 2.97. The second kappa shape index (κ2) is 9.64. The first-order valence-electron chi connectivity index (χ1n) is 9.25. The molecule has 0 radical (unpaired) electrons. The molecule has 3 rings (SSSR count). The monoisotopic (exact) mass is 383 g/mol. The van der Waals surface area contributed by atoms with Crippen molar-refractivity contribution in [3.63, 3.8) is 0 Å². The number of carbonyl (C=O) groups is 1. The maximum Gasteiger partial charge on any atom is 0.258 e. The minimum Gasteiger partial charge on any atom is -0.490 e. The smallest absolute Gasteiger partial charge is 0.258 e. The molecule has 2 N–H and O–H groups in total. The Morgan fingerprint density at radius 3 is 2.75 bits per heavy atom. The van der Waals surface area contributed by atoms with Crippen LogP contribution in [0.25, 0.3) is 10.9 Å². The minimum absolute atomic E-state index is 0.0750. The number of aromatic amines is 1. The molecule has 0 atom stereocenters. The number of hydrogen-bond acceptors (Lipinski definition) is 4. The minimum atomic E-state index is -0.396. The van der Waals surface area contributed by atoms with Crippen molar-refractivity contribution in [1.29, 1.82) is 0 Å². The third-order valence-corrected chi connectivity index (χ3v) is 4.22. The van der Waals surface area contributed by atoms with E-state index in [1.54, 1.807) is 36.4 Å². The van der Waals surface area contributed by atoms with E-state index in [4.69, 9.17) is 4.74 Å². The lowest BCUT2D eigenvalue weighted by Crippen LogP contribution is -2.25. The number of aromatic nitrogens is 2. The Balaban J connectivity index is 1.35. The van der Waals surface area contributed by atoms with Gasteiger partial charge in [-0.05, 0) is 37.1 Å². The normalized spacial score (nSPS) is 10.8. The Morgan fingerprint density at radius 2 is 1.89 bits per heavy atom. The van der Waals surface area contributed by atoms with Gasteiger partial charge in [-0.3, -0.25) is 9.59 Å². The van der Waals surface area contributed by atoms with Crippen molar-refractivity contribution in [3.05, 3.63) is 70.5 Å². The number of halogens is 1. The zero-order valence-corrected chi connectivity index (χ0v) is 15.4. The zero-order chi connectivity index (χ0) is 19.8. The van der Waals surface area contributed by atoms with Crippen molar-refractivity contribution >= 4 is 16.8 Å².